The predicted octanol–water partition coefficient (Wildman–Crippen LogP) is -0.448. The molecule has 0 aromatic carbocycles. The lowest BCUT2D eigenvalue weighted by molar-refractivity contribution is -0.0135. The van der Waals surface area contributed by atoms with E-state index in [-0.39, 0.29) is 6.90 Å². The Hall–Kier alpha value is -0.580. The van der Waals surface area contributed by atoms with E-state index >= 15 is 0 Å². The maximum atomic E-state index is 9.02. The molecule has 0 saturated heterocycles. The van der Waals surface area contributed by atoms with Gasteiger partial charge in [0.05, 0.1) is 6.61 Å². The van der Waals surface area contributed by atoms with Crippen LogP contribution in [0.25, 0.3) is 0 Å². The van der Waals surface area contributed by atoms with Gasteiger partial charge >= 0.3 is 0 Å². The summed E-state index contributed by atoms with van der Waals surface area (Å²) in [6.07, 6.45) is -1.27. The average molecular weight is 163 g/mol. The summed E-state index contributed by atoms with van der Waals surface area (Å²) >= 11 is 0. The van der Waals surface area contributed by atoms with Gasteiger partial charge in [-0.3, -0.25) is 0 Å². The second kappa shape index (κ2) is 5.12. The van der Waals surface area contributed by atoms with E-state index in [2.05, 4.69) is 0 Å². The molecule has 0 heterocycles. The normalized spacial score (nSPS) is 19.2. The molecule has 4 heteroatoms. The summed E-state index contributed by atoms with van der Waals surface area (Å²) in [6.45, 7) is -0.508. The van der Waals surface area contributed by atoms with Gasteiger partial charge in [-0.2, -0.15) is 0 Å². The van der Waals surface area contributed by atoms with Crippen LogP contribution in [0.5, 0.6) is 0 Å². The molecule has 2 atom stereocenters. The Morgan fingerprint density at radius 2 is 2.27 bits per heavy atom. The minimum absolute atomic E-state index is 0.103. The molecule has 0 aliphatic heterocycles. The van der Waals surface area contributed by atoms with Crippen molar-refractivity contribution in [3.8, 4) is 0 Å². The molecule has 0 unspecified atom stereocenters. The number of hydrogen-bond acceptors (Lipinski definition) is 4. The molecule has 0 aliphatic carbocycles. The topological polar surface area (TPSA) is 80.9 Å². The summed E-state index contributed by atoms with van der Waals surface area (Å²) in [5, 5.41) is 35.3. The van der Waals surface area contributed by atoms with Crippen LogP contribution in [-0.4, -0.2) is 39.2 Å². The van der Waals surface area contributed by atoms with E-state index in [0.717, 1.165) is 0 Å². The molecular weight excluding hydrogens is 148 g/mol. The van der Waals surface area contributed by atoms with Gasteiger partial charge in [0.25, 0.3) is 0 Å². The van der Waals surface area contributed by atoms with Gasteiger partial charge in [0.1, 0.15) is 18.0 Å². The van der Waals surface area contributed by atoms with E-state index in [1.165, 1.54) is 6.08 Å². The summed E-state index contributed by atoms with van der Waals surface area (Å²) < 4.78 is 6.74. The number of hydrogen-bond donors (Lipinski definition) is 4. The lowest BCUT2D eigenvalue weighted by Crippen LogP contribution is -2.30. The Morgan fingerprint density at radius 1 is 1.64 bits per heavy atom. The Balaban J connectivity index is 3.98. The van der Waals surface area contributed by atoms with Crippen LogP contribution in [0.1, 0.15) is 14.7 Å². The quantitative estimate of drug-likeness (QED) is 0.423. The zero-order valence-corrected chi connectivity index (χ0v) is 6.14. The number of allylic oxidation sites excluding steroid dienone is 1. The van der Waals surface area contributed by atoms with Crippen molar-refractivity contribution in [3.05, 3.63) is 11.8 Å². The van der Waals surface area contributed by atoms with Crippen LogP contribution in [0.15, 0.2) is 11.8 Å². The number of aliphatic hydroxyl groups is 4. The molecule has 0 rings (SSSR count). The van der Waals surface area contributed by atoms with Crippen molar-refractivity contribution in [1.29, 1.82) is 0 Å². The smallest absolute Gasteiger partial charge is 0.138 e. The van der Waals surface area contributed by atoms with Crippen molar-refractivity contribution in [3.63, 3.8) is 0 Å². The van der Waals surface area contributed by atoms with Crippen LogP contribution in [0, 0.1) is 0 Å². The fourth-order valence-electron chi connectivity index (χ4n) is 0.566. The Labute approximate surface area is 66.8 Å². The van der Waals surface area contributed by atoms with Crippen molar-refractivity contribution < 1.29 is 21.8 Å². The molecule has 4 nitrogen and oxygen atoms in total. The largest absolute Gasteiger partial charge is 0.510 e. The summed E-state index contributed by atoms with van der Waals surface area (Å²) in [5.74, 6) is -0.399. The van der Waals surface area contributed by atoms with Crippen molar-refractivity contribution in [1.82, 2.24) is 0 Å². The number of rotatable bonds is 4. The SMILES string of the molecule is [2H]CCC=C(O)[C@@H](O)[C@H](O)CO. The number of aliphatic hydroxyl groups excluding tert-OH is 4. The fourth-order valence-corrected chi connectivity index (χ4v) is 0.566. The van der Waals surface area contributed by atoms with Crippen LogP contribution in [0.4, 0.5) is 0 Å². The van der Waals surface area contributed by atoms with Crippen molar-refractivity contribution in [2.75, 3.05) is 6.61 Å². The molecule has 4 N–H and O–H groups in total. The predicted molar refractivity (Wildman–Crippen MR) is 40.1 cm³/mol. The molecular formula is C7H14O4. The Kier molecular flexibility index (Phi) is 3.96. The van der Waals surface area contributed by atoms with E-state index in [1.54, 1.807) is 0 Å². The molecule has 0 fully saturated rings. The Bertz CT molecular complexity index is 148. The van der Waals surface area contributed by atoms with Gasteiger partial charge in [-0.25, -0.2) is 0 Å². The van der Waals surface area contributed by atoms with Crippen molar-refractivity contribution >= 4 is 0 Å². The van der Waals surface area contributed by atoms with Crippen molar-refractivity contribution in [2.45, 2.75) is 25.5 Å². The molecule has 0 aliphatic rings. The molecule has 0 aromatic heterocycles. The zero-order valence-electron chi connectivity index (χ0n) is 7.14. The van der Waals surface area contributed by atoms with Crippen molar-refractivity contribution in [2.24, 2.45) is 0 Å². The highest BCUT2D eigenvalue weighted by molar-refractivity contribution is 4.99. The van der Waals surface area contributed by atoms with E-state index in [1.807, 2.05) is 0 Å². The molecule has 66 valence electrons. The van der Waals surface area contributed by atoms with Gasteiger partial charge in [0.2, 0.25) is 0 Å². The first-order valence-electron chi connectivity index (χ1n) is 3.99. The molecule has 0 aromatic rings. The summed E-state index contributed by atoms with van der Waals surface area (Å²) in [5.41, 5.74) is 0. The third-order valence-electron chi connectivity index (χ3n) is 1.21. The Morgan fingerprint density at radius 3 is 2.73 bits per heavy atom. The maximum Gasteiger partial charge on any atom is 0.138 e. The second-order valence-corrected chi connectivity index (χ2v) is 2.11. The molecule has 0 bridgehead atoms. The van der Waals surface area contributed by atoms with Gasteiger partial charge in [0.15, 0.2) is 0 Å². The van der Waals surface area contributed by atoms with Crippen LogP contribution in [0.3, 0.4) is 0 Å². The maximum absolute atomic E-state index is 9.02. The van der Waals surface area contributed by atoms with Crippen LogP contribution < -0.4 is 0 Å². The van der Waals surface area contributed by atoms with Crippen LogP contribution in [-0.2, 0) is 0 Å². The fraction of sp³-hybridized carbons (Fsp3) is 0.714. The van der Waals surface area contributed by atoms with Gasteiger partial charge in [-0.1, -0.05) is 6.90 Å². The lowest BCUT2D eigenvalue weighted by atomic mass is 10.1. The first-order valence-corrected chi connectivity index (χ1v) is 3.28. The minimum atomic E-state index is -1.46. The highest BCUT2D eigenvalue weighted by Crippen LogP contribution is 2.03. The third kappa shape index (κ3) is 3.36. The van der Waals surface area contributed by atoms with E-state index in [9.17, 15) is 0 Å². The highest BCUT2D eigenvalue weighted by atomic mass is 16.4. The first-order chi connectivity index (χ1) is 5.63. The molecule has 0 saturated carbocycles. The van der Waals surface area contributed by atoms with E-state index < -0.39 is 24.6 Å². The molecule has 11 heavy (non-hydrogen) atoms. The van der Waals surface area contributed by atoms with Gasteiger partial charge in [-0.05, 0) is 12.5 Å². The van der Waals surface area contributed by atoms with Gasteiger partial charge in [0, 0.05) is 1.37 Å². The van der Waals surface area contributed by atoms with Gasteiger partial charge < -0.3 is 20.4 Å². The summed E-state index contributed by atoms with van der Waals surface area (Å²) in [7, 11) is 0. The molecule has 0 spiro atoms. The standard InChI is InChI=1S/C7H14O4/c1-2-3-5(9)7(11)6(10)4-8/h3,6-11H,2,4H2,1H3/t6-,7-/m1/s1/i1D. The zero-order chi connectivity index (χ0) is 9.56. The second-order valence-electron chi connectivity index (χ2n) is 2.11. The summed E-state index contributed by atoms with van der Waals surface area (Å²) in [4.78, 5) is 0. The van der Waals surface area contributed by atoms with Crippen LogP contribution in [0.2, 0.25) is 0 Å². The lowest BCUT2D eigenvalue weighted by Gasteiger charge is -2.14. The monoisotopic (exact) mass is 163 g/mol. The highest BCUT2D eigenvalue weighted by Gasteiger charge is 2.18. The first kappa shape index (κ1) is 8.52. The molecule has 0 radical (unpaired) electrons. The average Bonchev–Trinajstić information content (AvgIpc) is 2.11. The van der Waals surface area contributed by atoms with E-state index in [4.69, 9.17) is 21.8 Å². The van der Waals surface area contributed by atoms with Crippen LogP contribution >= 0.6 is 0 Å². The third-order valence-corrected chi connectivity index (χ3v) is 1.21. The summed E-state index contributed by atoms with van der Waals surface area (Å²) in [6, 6.07) is 0. The molecule has 0 amide bonds. The minimum Gasteiger partial charge on any atom is -0.510 e. The van der Waals surface area contributed by atoms with E-state index in [0.29, 0.717) is 6.42 Å². The van der Waals surface area contributed by atoms with Gasteiger partial charge in [-0.15, -0.1) is 0 Å².